The molecule has 0 aromatic heterocycles. The third kappa shape index (κ3) is 3.57. The van der Waals surface area contributed by atoms with Gasteiger partial charge in [-0.05, 0) is 17.3 Å². The van der Waals surface area contributed by atoms with E-state index in [2.05, 4.69) is 0 Å². The zero-order chi connectivity index (χ0) is 15.9. The summed E-state index contributed by atoms with van der Waals surface area (Å²) in [6.45, 7) is 18.7. The lowest BCUT2D eigenvalue weighted by molar-refractivity contribution is -0.132. The van der Waals surface area contributed by atoms with E-state index in [1.807, 2.05) is 48.5 Å². The summed E-state index contributed by atoms with van der Waals surface area (Å²) >= 11 is 0. The summed E-state index contributed by atoms with van der Waals surface area (Å²) in [6, 6.07) is 0. The van der Waals surface area contributed by atoms with Crippen LogP contribution in [-0.4, -0.2) is 14.6 Å². The van der Waals surface area contributed by atoms with Gasteiger partial charge < -0.3 is 4.43 Å². The predicted molar refractivity (Wildman–Crippen MR) is 80.6 cm³/mol. The first kappa shape index (κ1) is 19.0. The van der Waals surface area contributed by atoms with Crippen molar-refractivity contribution in [2.24, 2.45) is 17.3 Å². The molecule has 4 heteroatoms. The van der Waals surface area contributed by atoms with Crippen LogP contribution in [0.3, 0.4) is 0 Å². The molecular weight excluding hydrogens is 262 g/mol. The van der Waals surface area contributed by atoms with Gasteiger partial charge in [0.05, 0.1) is 5.60 Å². The van der Waals surface area contributed by atoms with Gasteiger partial charge in [0.1, 0.15) is 0 Å². The van der Waals surface area contributed by atoms with Crippen LogP contribution in [0.2, 0.25) is 5.04 Å². The van der Waals surface area contributed by atoms with E-state index in [4.69, 9.17) is 4.43 Å². The molecule has 0 rings (SSSR count). The molecule has 0 spiro atoms. The van der Waals surface area contributed by atoms with Gasteiger partial charge in [-0.25, -0.2) is 8.22 Å². The Kier molecular flexibility index (Phi) is 5.45. The summed E-state index contributed by atoms with van der Waals surface area (Å²) in [7, 11) is -4.78. The highest BCUT2D eigenvalue weighted by Gasteiger charge is 2.61. The van der Waals surface area contributed by atoms with Crippen LogP contribution in [0, 0.1) is 17.3 Å². The molecule has 0 amide bonds. The summed E-state index contributed by atoms with van der Waals surface area (Å²) in [4.78, 5) is 0. The van der Waals surface area contributed by atoms with Gasteiger partial charge in [0.15, 0.2) is 0 Å². The highest BCUT2D eigenvalue weighted by Crippen LogP contribution is 2.51. The van der Waals surface area contributed by atoms with Crippen LogP contribution in [-0.2, 0) is 4.43 Å². The molecule has 0 radical (unpaired) electrons. The van der Waals surface area contributed by atoms with E-state index in [1.165, 1.54) is 0 Å². The van der Waals surface area contributed by atoms with Crippen molar-refractivity contribution < 1.29 is 12.6 Å². The van der Waals surface area contributed by atoms with Crippen LogP contribution in [0.5, 0.6) is 0 Å². The van der Waals surface area contributed by atoms with Gasteiger partial charge in [-0.15, -0.1) is 0 Å². The lowest BCUT2D eigenvalue weighted by atomic mass is 9.64. The van der Waals surface area contributed by atoms with Crippen LogP contribution in [0.4, 0.5) is 8.22 Å². The van der Waals surface area contributed by atoms with Crippen molar-refractivity contribution in [2.75, 3.05) is 0 Å². The first-order valence-electron chi connectivity index (χ1n) is 7.17. The van der Waals surface area contributed by atoms with Gasteiger partial charge in [0, 0.05) is 5.04 Å². The van der Waals surface area contributed by atoms with Crippen molar-refractivity contribution in [1.82, 2.24) is 0 Å². The monoisotopic (exact) mass is 294 g/mol. The Morgan fingerprint density at radius 2 is 1.11 bits per heavy atom. The fourth-order valence-corrected chi connectivity index (χ4v) is 4.66. The maximum atomic E-state index is 14.6. The second kappa shape index (κ2) is 5.43. The average molecular weight is 295 g/mol. The van der Waals surface area contributed by atoms with Crippen LogP contribution in [0.15, 0.2) is 0 Å². The number of halogens is 2. The average Bonchev–Trinajstić information content (AvgIpc) is 2.08. The largest absolute Gasteiger partial charge is 0.583 e. The molecule has 0 saturated carbocycles. The minimum absolute atomic E-state index is 0.0354. The Hall–Kier alpha value is 0.0369. The highest BCUT2D eigenvalue weighted by atomic mass is 28.4. The van der Waals surface area contributed by atoms with Gasteiger partial charge in [0.2, 0.25) is 0 Å². The molecular formula is C15H32F2OSi. The number of rotatable bonds is 4. The Morgan fingerprint density at radius 3 is 1.26 bits per heavy atom. The summed E-state index contributed by atoms with van der Waals surface area (Å²) in [6.07, 6.45) is 0. The fourth-order valence-electron chi connectivity index (χ4n) is 3.15. The third-order valence-corrected chi connectivity index (χ3v) is 6.40. The van der Waals surface area contributed by atoms with E-state index < -0.39 is 19.6 Å². The second-order valence-electron chi connectivity index (χ2n) is 8.22. The molecule has 0 N–H and O–H groups in total. The minimum Gasteiger partial charge on any atom is -0.361 e. The van der Waals surface area contributed by atoms with Crippen LogP contribution in [0.1, 0.15) is 69.2 Å². The molecule has 0 aliphatic carbocycles. The molecule has 1 nitrogen and oxygen atoms in total. The van der Waals surface area contributed by atoms with Gasteiger partial charge >= 0.3 is 8.99 Å². The molecule has 0 bridgehead atoms. The molecule has 116 valence electrons. The summed E-state index contributed by atoms with van der Waals surface area (Å²) < 4.78 is 34.9. The molecule has 0 aliphatic heterocycles. The third-order valence-electron chi connectivity index (χ3n) is 4.06. The van der Waals surface area contributed by atoms with Gasteiger partial charge in [0.25, 0.3) is 0 Å². The van der Waals surface area contributed by atoms with E-state index in [0.29, 0.717) is 0 Å². The van der Waals surface area contributed by atoms with Crippen molar-refractivity contribution >= 4 is 8.99 Å². The Balaban J connectivity index is 5.79. The van der Waals surface area contributed by atoms with Crippen LogP contribution >= 0.6 is 0 Å². The molecule has 0 heterocycles. The molecule has 0 aliphatic rings. The summed E-state index contributed by atoms with van der Waals surface area (Å²) in [5.74, 6) is 0.0708. The lowest BCUT2D eigenvalue weighted by Gasteiger charge is -2.53. The molecule has 0 aromatic rings. The predicted octanol–water partition coefficient (Wildman–Crippen LogP) is 5.78. The van der Waals surface area contributed by atoms with Gasteiger partial charge in [-0.1, -0.05) is 69.2 Å². The minimum atomic E-state index is -4.78. The maximum Gasteiger partial charge on any atom is 0.583 e. The summed E-state index contributed by atoms with van der Waals surface area (Å²) in [5.41, 5.74) is -1.15. The molecule has 0 saturated heterocycles. The zero-order valence-electron chi connectivity index (χ0n) is 14.3. The SMILES string of the molecule is CC(C)C(O[Si](F)(F)C(C)(C)C)(C(C)C)C(C)(C)C. The van der Waals surface area contributed by atoms with Crippen molar-refractivity contribution in [3.05, 3.63) is 0 Å². The first-order valence-corrected chi connectivity index (χ1v) is 8.84. The Morgan fingerprint density at radius 1 is 0.789 bits per heavy atom. The number of hydrogen-bond donors (Lipinski definition) is 0. The van der Waals surface area contributed by atoms with E-state index in [-0.39, 0.29) is 17.3 Å². The standard InChI is InChI=1S/C15H32F2OSi/c1-11(2)15(12(3)4,13(5,6)7)18-19(16,17)14(8,9)10/h11-12H,1-10H3. The molecule has 0 unspecified atom stereocenters. The molecule has 0 aromatic carbocycles. The lowest BCUT2D eigenvalue weighted by Crippen LogP contribution is -2.60. The molecule has 0 atom stereocenters. The topological polar surface area (TPSA) is 9.23 Å². The van der Waals surface area contributed by atoms with E-state index >= 15 is 0 Å². The molecule has 19 heavy (non-hydrogen) atoms. The van der Waals surface area contributed by atoms with E-state index in [9.17, 15) is 8.22 Å². The smallest absolute Gasteiger partial charge is 0.361 e. The highest BCUT2D eigenvalue weighted by molar-refractivity contribution is 6.62. The Bertz CT molecular complexity index is 290. The number of hydrogen-bond acceptors (Lipinski definition) is 1. The Labute approximate surface area is 119 Å². The van der Waals surface area contributed by atoms with Crippen LogP contribution in [0.25, 0.3) is 0 Å². The molecule has 0 fully saturated rings. The summed E-state index contributed by atoms with van der Waals surface area (Å²) in [5, 5.41) is -1.08. The van der Waals surface area contributed by atoms with Crippen molar-refractivity contribution in [1.29, 1.82) is 0 Å². The second-order valence-corrected chi connectivity index (χ2v) is 11.0. The van der Waals surface area contributed by atoms with Crippen LogP contribution < -0.4 is 0 Å². The normalized spacial score (nSPS) is 15.5. The first-order chi connectivity index (χ1) is 8.09. The van der Waals surface area contributed by atoms with Crippen molar-refractivity contribution in [3.8, 4) is 0 Å². The quantitative estimate of drug-likeness (QED) is 0.472. The van der Waals surface area contributed by atoms with E-state index in [0.717, 1.165) is 0 Å². The van der Waals surface area contributed by atoms with Crippen molar-refractivity contribution in [3.63, 3.8) is 0 Å². The van der Waals surface area contributed by atoms with Crippen molar-refractivity contribution in [2.45, 2.75) is 79.9 Å². The fraction of sp³-hybridized carbons (Fsp3) is 1.00. The zero-order valence-corrected chi connectivity index (χ0v) is 15.3. The van der Waals surface area contributed by atoms with E-state index in [1.54, 1.807) is 20.8 Å². The van der Waals surface area contributed by atoms with Gasteiger partial charge in [-0.3, -0.25) is 0 Å². The maximum absolute atomic E-state index is 14.6. The van der Waals surface area contributed by atoms with Gasteiger partial charge in [-0.2, -0.15) is 0 Å².